The van der Waals surface area contributed by atoms with Crippen LogP contribution >= 0.6 is 0 Å². The molecule has 0 aromatic heterocycles. The quantitative estimate of drug-likeness (QED) is 0.182. The van der Waals surface area contributed by atoms with Crippen molar-refractivity contribution in [3.63, 3.8) is 0 Å². The van der Waals surface area contributed by atoms with Crippen LogP contribution < -0.4 is 16.5 Å². The Hall–Kier alpha value is -2.92. The Bertz CT molecular complexity index is 412. The van der Waals surface area contributed by atoms with Gasteiger partial charge in [-0.25, -0.2) is 5.90 Å². The predicted octanol–water partition coefficient (Wildman–Crippen LogP) is 1.23. The Morgan fingerprint density at radius 2 is 1.90 bits per heavy atom. The molecular weight excluding hydrogens is 515 g/mol. The Balaban J connectivity index is 0.00000400. The number of benzene rings is 1. The third-order valence-corrected chi connectivity index (χ3v) is 2.77. The number of nitrogens with two attached hydrogens (primary N) is 1. The summed E-state index contributed by atoms with van der Waals surface area (Å²) in [6.07, 6.45) is 4.64. The average molecular weight is 535 g/mol. The molecule has 0 aliphatic rings. The second-order valence-electron chi connectivity index (χ2n) is 4.40. The number of carbonyl (C=O) groups is 1. The van der Waals surface area contributed by atoms with E-state index in [9.17, 15) is 9.59 Å². The fraction of sp³-hybridized carbons (Fsp3) is 0.429. The van der Waals surface area contributed by atoms with Crippen molar-refractivity contribution in [2.75, 3.05) is 11.9 Å². The van der Waals surface area contributed by atoms with E-state index in [0.717, 1.165) is 30.5 Å². The number of anilines is 1. The molecular formula is C14H20FmN3O3-. The monoisotopic (exact) mass is 535 g/mol. The van der Waals surface area contributed by atoms with Gasteiger partial charge in [-0.15, -0.1) is 0 Å². The summed E-state index contributed by atoms with van der Waals surface area (Å²) in [5.41, 5.74) is 1.71. The fourth-order valence-electron chi connectivity index (χ4n) is 1.73. The van der Waals surface area contributed by atoms with Gasteiger partial charge in [0.05, 0.1) is 6.61 Å². The average Bonchev–Trinajstić information content (AvgIpc) is 2.45. The molecule has 1 aromatic rings. The van der Waals surface area contributed by atoms with Gasteiger partial charge in [0.1, 0.15) is 0 Å². The standard InChI is InChI=1S/C14H20N3O3.Fm/c15-20-10-12-5-7-13(8-6-12)17-14(19)4-2-1-3-9-16-11-18;/h5-8H,1-4,9-10,15H2,(H,16,18)(H,17,19);/q-1;. The Kier molecular flexibility index (Phi) is 9.43. The van der Waals surface area contributed by atoms with E-state index in [1.165, 1.54) is 0 Å². The summed E-state index contributed by atoms with van der Waals surface area (Å²) in [6, 6.07) is 7.33. The van der Waals surface area contributed by atoms with Gasteiger partial charge in [-0.3, -0.25) is 9.63 Å². The minimum absolute atomic E-state index is 0. The normalized spacial score (nSPS) is 9.57. The van der Waals surface area contributed by atoms with Crippen LogP contribution in [-0.2, 0) is 21.0 Å². The molecule has 0 radical (unpaired) electrons. The first-order chi connectivity index (χ1) is 9.76. The first-order valence-corrected chi connectivity index (χ1v) is 6.56. The van der Waals surface area contributed by atoms with Crippen LogP contribution in [0.15, 0.2) is 24.3 Å². The van der Waals surface area contributed by atoms with Gasteiger partial charge in [0, 0.05) is 12.1 Å². The van der Waals surface area contributed by atoms with Crippen molar-refractivity contribution >= 4 is 18.0 Å². The van der Waals surface area contributed by atoms with E-state index in [1.54, 1.807) is 6.41 Å². The summed E-state index contributed by atoms with van der Waals surface area (Å²) < 4.78 is 0. The van der Waals surface area contributed by atoms with Crippen LogP contribution in [0.1, 0.15) is 31.2 Å². The molecule has 122 valence electrons. The number of nitrogens with one attached hydrogen (secondary N) is 2. The molecule has 0 heterocycles. The molecule has 21 heavy (non-hydrogen) atoms. The van der Waals surface area contributed by atoms with Crippen LogP contribution in [0.5, 0.6) is 0 Å². The van der Waals surface area contributed by atoms with Gasteiger partial charge in [-0.2, -0.15) is 6.41 Å². The van der Waals surface area contributed by atoms with Crippen LogP contribution in [0.4, 0.5) is 5.69 Å². The molecule has 2 amide bonds. The van der Waals surface area contributed by atoms with Gasteiger partial charge in [0.15, 0.2) is 0 Å². The minimum atomic E-state index is -0.0114. The molecule has 0 saturated heterocycles. The van der Waals surface area contributed by atoms with E-state index in [2.05, 4.69) is 15.5 Å². The maximum Gasteiger partial charge on any atom is 0.224 e. The number of amides is 2. The van der Waals surface area contributed by atoms with Gasteiger partial charge < -0.3 is 15.4 Å². The molecule has 4 N–H and O–H groups in total. The largest absolute Gasteiger partial charge is 0.530 e. The molecule has 7 heteroatoms. The zero-order valence-electron chi connectivity index (χ0n) is 11.6. The van der Waals surface area contributed by atoms with E-state index in [0.29, 0.717) is 19.6 Å². The number of hydrogen-bond acceptors (Lipinski definition) is 4. The molecule has 0 aliphatic heterocycles. The van der Waals surface area contributed by atoms with E-state index < -0.39 is 0 Å². The van der Waals surface area contributed by atoms with Crippen LogP contribution in [-0.4, -0.2) is 18.9 Å². The number of rotatable bonds is 10. The zero-order chi connectivity index (χ0) is 14.6. The summed E-state index contributed by atoms with van der Waals surface area (Å²) in [5.74, 6) is 4.97. The zero-order valence-corrected chi connectivity index (χ0v) is 14.0. The third-order valence-electron chi connectivity index (χ3n) is 2.77. The Morgan fingerprint density at radius 3 is 2.52 bits per heavy atom. The molecule has 0 fully saturated rings. The van der Waals surface area contributed by atoms with E-state index in [-0.39, 0.29) is 5.91 Å². The van der Waals surface area contributed by atoms with Crippen molar-refractivity contribution in [3.8, 4) is 0 Å². The summed E-state index contributed by atoms with van der Waals surface area (Å²) in [6.45, 7) is 0.955. The van der Waals surface area contributed by atoms with Crippen LogP contribution in [0.25, 0.3) is 0 Å². The van der Waals surface area contributed by atoms with Crippen molar-refractivity contribution in [3.05, 3.63) is 29.8 Å². The second-order valence-corrected chi connectivity index (χ2v) is 4.40. The Labute approximate surface area is 118 Å². The van der Waals surface area contributed by atoms with E-state index in [1.807, 2.05) is 24.3 Å². The van der Waals surface area contributed by atoms with Gasteiger partial charge in [0.2, 0.25) is 5.91 Å². The molecule has 1 rings (SSSR count). The number of unbranched alkanes of at least 4 members (excludes halogenated alkanes) is 2. The summed E-state index contributed by atoms with van der Waals surface area (Å²) in [4.78, 5) is 26.1. The van der Waals surface area contributed by atoms with Gasteiger partial charge >= 0.3 is 0 Å². The van der Waals surface area contributed by atoms with Crippen LogP contribution in [0.3, 0.4) is 0 Å². The van der Waals surface area contributed by atoms with E-state index in [4.69, 9.17) is 5.90 Å². The first kappa shape index (κ1) is 18.1. The van der Waals surface area contributed by atoms with Crippen molar-refractivity contribution in [1.82, 2.24) is 5.32 Å². The maximum absolute atomic E-state index is 11.7. The maximum atomic E-state index is 11.7. The van der Waals surface area contributed by atoms with Gasteiger partial charge in [-0.05, 0) is 37.1 Å². The van der Waals surface area contributed by atoms with Crippen LogP contribution in [0.2, 0.25) is 0 Å². The molecule has 0 saturated carbocycles. The van der Waals surface area contributed by atoms with Crippen molar-refractivity contribution in [2.45, 2.75) is 32.3 Å². The topological polar surface area (TPSA) is 93.4 Å². The van der Waals surface area contributed by atoms with Crippen LogP contribution in [0, 0.1) is 0 Å². The predicted molar refractivity (Wildman–Crippen MR) is 76.2 cm³/mol. The third kappa shape index (κ3) is 7.97. The molecule has 6 nitrogen and oxygen atoms in total. The minimum Gasteiger partial charge on any atom is -0.530 e. The van der Waals surface area contributed by atoms with Gasteiger partial charge in [-0.1, -0.05) is 18.6 Å². The second kappa shape index (κ2) is 11.0. The summed E-state index contributed by atoms with van der Waals surface area (Å²) in [7, 11) is 0. The summed E-state index contributed by atoms with van der Waals surface area (Å²) in [5, 5.41) is 5.29. The fourth-order valence-corrected chi connectivity index (χ4v) is 1.73. The van der Waals surface area contributed by atoms with E-state index >= 15 is 0 Å². The first-order valence-electron chi connectivity index (χ1n) is 6.56. The van der Waals surface area contributed by atoms with Gasteiger partial charge in [0.25, 0.3) is 0 Å². The van der Waals surface area contributed by atoms with Crippen molar-refractivity contribution in [2.24, 2.45) is 5.90 Å². The molecule has 0 bridgehead atoms. The summed E-state index contributed by atoms with van der Waals surface area (Å²) >= 11 is 0. The van der Waals surface area contributed by atoms with Crippen molar-refractivity contribution < 1.29 is 14.4 Å². The Morgan fingerprint density at radius 1 is 1.19 bits per heavy atom. The smallest absolute Gasteiger partial charge is 0.224 e. The molecule has 1 aromatic carbocycles. The molecule has 0 atom stereocenters. The number of carbonyl (C=O) groups excluding carboxylic acids is 2. The molecule has 0 spiro atoms. The van der Waals surface area contributed by atoms with Crippen molar-refractivity contribution in [1.29, 1.82) is 0 Å². The SMILES string of the molecule is NOCc1ccc(NC(=O)CCCCCN[C-]=O)cc1.[Fm]. The number of hydrogen-bond donors (Lipinski definition) is 3. The molecule has 0 aliphatic carbocycles. The molecule has 0 unspecified atom stereocenters.